The highest BCUT2D eigenvalue weighted by Gasteiger charge is 2.36. The maximum absolute atomic E-state index is 13.9. The standard InChI is InChI=1S/C28H25FN4O2/c1-16-8-10-20(11-9-16)25-24(27-31-26(32-35-27)21-7-5-6-17(2)14-21)19(4)33(28(34)30-25)22-12-13-23(29)18(3)15-22/h5-15,25H,1-4H3,(H,30,34). The molecule has 1 aliphatic heterocycles. The Balaban J connectivity index is 1.66. The van der Waals surface area contributed by atoms with E-state index in [2.05, 4.69) is 10.5 Å². The molecule has 176 valence electrons. The molecule has 7 heteroatoms. The van der Waals surface area contributed by atoms with Crippen LogP contribution in [0, 0.1) is 26.6 Å². The summed E-state index contributed by atoms with van der Waals surface area (Å²) in [5.74, 6) is 0.450. The van der Waals surface area contributed by atoms with E-state index in [0.29, 0.717) is 34.2 Å². The monoisotopic (exact) mass is 468 g/mol. The number of carbonyl (C=O) groups excluding carboxylic acids is 1. The van der Waals surface area contributed by atoms with Crippen LogP contribution in [0.1, 0.15) is 41.1 Å². The van der Waals surface area contributed by atoms with Gasteiger partial charge >= 0.3 is 6.03 Å². The molecule has 1 atom stereocenters. The van der Waals surface area contributed by atoms with Gasteiger partial charge in [-0.1, -0.05) is 58.7 Å². The number of rotatable bonds is 4. The largest absolute Gasteiger partial charge is 0.334 e. The van der Waals surface area contributed by atoms with Crippen LogP contribution in [0.3, 0.4) is 0 Å². The Labute approximate surface area is 203 Å². The Morgan fingerprint density at radius 2 is 1.71 bits per heavy atom. The molecule has 0 aliphatic carbocycles. The van der Waals surface area contributed by atoms with E-state index in [9.17, 15) is 9.18 Å². The fraction of sp³-hybridized carbons (Fsp3) is 0.179. The first-order valence-electron chi connectivity index (χ1n) is 11.4. The smallest absolute Gasteiger partial charge is 0.326 e. The second-order valence-electron chi connectivity index (χ2n) is 8.85. The Kier molecular flexibility index (Phi) is 5.68. The summed E-state index contributed by atoms with van der Waals surface area (Å²) in [6.45, 7) is 7.52. The normalized spacial score (nSPS) is 16.0. The van der Waals surface area contributed by atoms with Crippen LogP contribution in [-0.4, -0.2) is 16.2 Å². The second-order valence-corrected chi connectivity index (χ2v) is 8.85. The van der Waals surface area contributed by atoms with Crippen LogP contribution in [0.15, 0.2) is 77.0 Å². The fourth-order valence-electron chi connectivity index (χ4n) is 4.34. The van der Waals surface area contributed by atoms with Crippen LogP contribution >= 0.6 is 0 Å². The summed E-state index contributed by atoms with van der Waals surface area (Å²) in [4.78, 5) is 19.5. The van der Waals surface area contributed by atoms with Gasteiger partial charge in [0, 0.05) is 11.3 Å². The molecule has 4 aromatic rings. The number of nitrogens with one attached hydrogen (secondary N) is 1. The van der Waals surface area contributed by atoms with Crippen LogP contribution in [0.25, 0.3) is 17.0 Å². The van der Waals surface area contributed by atoms with Crippen molar-refractivity contribution >= 4 is 17.3 Å². The molecule has 2 heterocycles. The summed E-state index contributed by atoms with van der Waals surface area (Å²) in [5.41, 5.74) is 6.25. The Bertz CT molecular complexity index is 1460. The lowest BCUT2D eigenvalue weighted by Gasteiger charge is -2.35. The van der Waals surface area contributed by atoms with Crippen molar-refractivity contribution in [2.45, 2.75) is 33.7 Å². The molecule has 0 bridgehead atoms. The molecule has 5 rings (SSSR count). The van der Waals surface area contributed by atoms with Gasteiger partial charge in [-0.15, -0.1) is 0 Å². The number of nitrogens with zero attached hydrogens (tertiary/aromatic N) is 3. The minimum absolute atomic E-state index is 0.313. The van der Waals surface area contributed by atoms with Gasteiger partial charge in [-0.25, -0.2) is 9.18 Å². The van der Waals surface area contributed by atoms with Gasteiger partial charge in [-0.3, -0.25) is 4.90 Å². The lowest BCUT2D eigenvalue weighted by Crippen LogP contribution is -2.46. The molecular formula is C28H25FN4O2. The average Bonchev–Trinajstić information content (AvgIpc) is 3.31. The van der Waals surface area contributed by atoms with E-state index in [-0.39, 0.29) is 11.8 Å². The number of carbonyl (C=O) groups is 1. The van der Waals surface area contributed by atoms with E-state index in [1.807, 2.05) is 69.3 Å². The average molecular weight is 469 g/mol. The van der Waals surface area contributed by atoms with Crippen molar-refractivity contribution in [1.82, 2.24) is 15.5 Å². The summed E-state index contributed by atoms with van der Waals surface area (Å²) in [5, 5.41) is 7.30. The molecule has 1 N–H and O–H groups in total. The first kappa shape index (κ1) is 22.5. The molecule has 2 amide bonds. The third-order valence-corrected chi connectivity index (χ3v) is 6.23. The molecule has 0 spiro atoms. The van der Waals surface area contributed by atoms with Gasteiger partial charge in [0.1, 0.15) is 5.82 Å². The molecule has 35 heavy (non-hydrogen) atoms. The number of urea groups is 1. The third-order valence-electron chi connectivity index (χ3n) is 6.23. The second kappa shape index (κ2) is 8.83. The van der Waals surface area contributed by atoms with Crippen molar-refractivity contribution in [2.75, 3.05) is 4.90 Å². The van der Waals surface area contributed by atoms with Gasteiger partial charge in [0.2, 0.25) is 5.82 Å². The summed E-state index contributed by atoms with van der Waals surface area (Å²) in [6.07, 6.45) is 0. The molecular weight excluding hydrogens is 443 g/mol. The molecule has 1 aromatic heterocycles. The van der Waals surface area contributed by atoms with Crippen molar-refractivity contribution in [2.24, 2.45) is 0 Å². The van der Waals surface area contributed by atoms with Gasteiger partial charge in [0.05, 0.1) is 17.3 Å². The van der Waals surface area contributed by atoms with Crippen molar-refractivity contribution in [3.8, 4) is 11.4 Å². The van der Waals surface area contributed by atoms with Gasteiger partial charge in [-0.2, -0.15) is 4.98 Å². The maximum Gasteiger partial charge on any atom is 0.326 e. The highest BCUT2D eigenvalue weighted by Crippen LogP contribution is 2.39. The Morgan fingerprint density at radius 1 is 0.943 bits per heavy atom. The zero-order chi connectivity index (χ0) is 24.7. The van der Waals surface area contributed by atoms with Crippen LogP contribution in [-0.2, 0) is 0 Å². The van der Waals surface area contributed by atoms with Crippen molar-refractivity contribution in [3.63, 3.8) is 0 Å². The van der Waals surface area contributed by atoms with E-state index >= 15 is 0 Å². The number of aromatic nitrogens is 2. The maximum atomic E-state index is 13.9. The number of anilines is 1. The van der Waals surface area contributed by atoms with E-state index < -0.39 is 6.04 Å². The predicted molar refractivity (Wildman–Crippen MR) is 133 cm³/mol. The lowest BCUT2D eigenvalue weighted by atomic mass is 9.94. The molecule has 1 aliphatic rings. The molecule has 6 nitrogen and oxygen atoms in total. The number of halogens is 1. The van der Waals surface area contributed by atoms with Crippen LogP contribution in [0.2, 0.25) is 0 Å². The number of benzene rings is 3. The first-order chi connectivity index (χ1) is 16.8. The number of aryl methyl sites for hydroxylation is 3. The Morgan fingerprint density at radius 3 is 2.43 bits per heavy atom. The number of hydrogen-bond donors (Lipinski definition) is 1. The minimum atomic E-state index is -0.494. The summed E-state index contributed by atoms with van der Waals surface area (Å²) in [7, 11) is 0. The van der Waals surface area contributed by atoms with Gasteiger partial charge in [0.25, 0.3) is 5.89 Å². The van der Waals surface area contributed by atoms with Crippen LogP contribution < -0.4 is 10.2 Å². The van der Waals surface area contributed by atoms with Crippen molar-refractivity contribution in [1.29, 1.82) is 0 Å². The van der Waals surface area contributed by atoms with E-state index in [0.717, 1.165) is 22.3 Å². The Hall–Kier alpha value is -4.26. The SMILES string of the molecule is CC1=C(c2nc(-c3cccc(C)c3)no2)C(c2ccc(C)cc2)NC(=O)N1c1ccc(F)c(C)c1. The highest BCUT2D eigenvalue weighted by atomic mass is 19.1. The van der Waals surface area contributed by atoms with Crippen LogP contribution in [0.4, 0.5) is 14.9 Å². The summed E-state index contributed by atoms with van der Waals surface area (Å²) in [6, 6.07) is 19.6. The van der Waals surface area contributed by atoms with Crippen molar-refractivity contribution in [3.05, 3.63) is 106 Å². The zero-order valence-corrected chi connectivity index (χ0v) is 20.0. The molecule has 0 fully saturated rings. The van der Waals surface area contributed by atoms with E-state index in [1.165, 1.54) is 11.0 Å². The lowest BCUT2D eigenvalue weighted by molar-refractivity contribution is 0.244. The van der Waals surface area contributed by atoms with Gasteiger partial charge < -0.3 is 9.84 Å². The van der Waals surface area contributed by atoms with E-state index in [4.69, 9.17) is 9.51 Å². The van der Waals surface area contributed by atoms with Crippen molar-refractivity contribution < 1.29 is 13.7 Å². The molecule has 3 aromatic carbocycles. The van der Waals surface area contributed by atoms with Gasteiger partial charge in [0.15, 0.2) is 0 Å². The number of hydrogen-bond acceptors (Lipinski definition) is 4. The quantitative estimate of drug-likeness (QED) is 0.371. The first-order valence-corrected chi connectivity index (χ1v) is 11.4. The fourth-order valence-corrected chi connectivity index (χ4v) is 4.34. The third kappa shape index (κ3) is 4.21. The molecule has 0 saturated heterocycles. The number of allylic oxidation sites excluding steroid dienone is 1. The highest BCUT2D eigenvalue weighted by molar-refractivity contribution is 6.01. The summed E-state index contributed by atoms with van der Waals surface area (Å²) < 4.78 is 19.7. The topological polar surface area (TPSA) is 71.3 Å². The van der Waals surface area contributed by atoms with E-state index in [1.54, 1.807) is 19.1 Å². The molecule has 0 radical (unpaired) electrons. The zero-order valence-electron chi connectivity index (χ0n) is 20.0. The van der Waals surface area contributed by atoms with Gasteiger partial charge in [-0.05, 0) is 63.1 Å². The number of amides is 2. The summed E-state index contributed by atoms with van der Waals surface area (Å²) >= 11 is 0. The van der Waals surface area contributed by atoms with Crippen LogP contribution in [0.5, 0.6) is 0 Å². The minimum Gasteiger partial charge on any atom is -0.334 e. The molecule has 1 unspecified atom stereocenters. The molecule has 0 saturated carbocycles. The predicted octanol–water partition coefficient (Wildman–Crippen LogP) is 6.50.